The molecule has 0 aliphatic heterocycles. The van der Waals surface area contributed by atoms with E-state index in [4.69, 9.17) is 45.9 Å². The average molecular weight is 1940 g/mol. The van der Waals surface area contributed by atoms with Gasteiger partial charge in [-0.15, -0.1) is 0 Å². The third kappa shape index (κ3) is 57.4. The fourth-order valence-electron chi connectivity index (χ4n) is 15.9. The van der Waals surface area contributed by atoms with Crippen LogP contribution in [-0.4, -0.2) is 230 Å². The second-order valence-electron chi connectivity index (χ2n) is 37.0. The number of hydrogen-bond acceptors (Lipinski definition) is 25. The van der Waals surface area contributed by atoms with Crippen molar-refractivity contribution < 1.29 is 92.3 Å². The summed E-state index contributed by atoms with van der Waals surface area (Å²) in [5.41, 5.74) is 45.9. The predicted molar refractivity (Wildman–Crippen MR) is 529 cm³/mol. The van der Waals surface area contributed by atoms with Gasteiger partial charge >= 0.3 is 5.97 Å². The number of Topliss-reactive ketones (excluding diaryl/α,β-unsaturated/α-hetero) is 6. The van der Waals surface area contributed by atoms with E-state index in [1.165, 1.54) is 127 Å². The number of primary amides is 1. The molecule has 2 rings (SSSR count). The van der Waals surface area contributed by atoms with Crippen molar-refractivity contribution in [2.24, 2.45) is 103 Å². The molecule has 1 aromatic heterocycles. The molecular weight excluding hydrogens is 1770 g/mol. The second kappa shape index (κ2) is 73.4. The van der Waals surface area contributed by atoms with Gasteiger partial charge in [-0.1, -0.05) is 130 Å². The topological polar surface area (TPSA) is 683 Å². The number of nitrogens with zero attached hydrogens (tertiary/aromatic N) is 3. The number of nitrogens with one attached hydrogen (secondary N) is 8. The van der Waals surface area contributed by atoms with Crippen molar-refractivity contribution in [3.8, 4) is 5.75 Å². The van der Waals surface area contributed by atoms with Crippen LogP contribution >= 0.6 is 11.8 Å². The number of guanidine groups is 2. The number of imidazole rings is 1. The summed E-state index contributed by atoms with van der Waals surface area (Å²) in [4.78, 5) is 218. The van der Waals surface area contributed by atoms with Crippen LogP contribution in [0.3, 0.4) is 0 Å². The zero-order valence-corrected chi connectivity index (χ0v) is 83.3. The smallest absolute Gasteiger partial charge is 0.305 e. The molecule has 0 aliphatic rings. The highest BCUT2D eigenvalue weighted by Gasteiger charge is 2.39. The van der Waals surface area contributed by atoms with E-state index in [0.717, 1.165) is 25.7 Å². The molecule has 38 nitrogen and oxygen atoms in total. The average Bonchev–Trinajstić information content (AvgIpc) is 0.958. The molecule has 0 saturated heterocycles. The summed E-state index contributed by atoms with van der Waals surface area (Å²) in [5, 5.41) is 60.0. The van der Waals surface area contributed by atoms with Gasteiger partial charge in [-0.3, -0.25) is 77.1 Å². The fourth-order valence-corrected chi connectivity index (χ4v) is 16.4. The number of unbranched alkanes of at least 4 members (excludes halogenated alkanes) is 15. The molecule has 0 unspecified atom stereocenters. The normalized spacial score (nSPS) is 14.4. The van der Waals surface area contributed by atoms with E-state index < -0.39 is 169 Å². The van der Waals surface area contributed by atoms with Crippen molar-refractivity contribution in [1.82, 2.24) is 47.2 Å². The van der Waals surface area contributed by atoms with E-state index >= 15 is 0 Å². The van der Waals surface area contributed by atoms with E-state index in [2.05, 4.69) is 64.1 Å². The maximum absolute atomic E-state index is 14.7. The number of benzene rings is 1. The Labute approximate surface area is 809 Å². The largest absolute Gasteiger partial charge is 0.508 e. The highest BCUT2D eigenvalue weighted by molar-refractivity contribution is 7.98. The number of carbonyl (C=O) groups is 15. The predicted octanol–water partition coefficient (Wildman–Crippen LogP) is 5.93. The first-order chi connectivity index (χ1) is 64.6. The van der Waals surface area contributed by atoms with Gasteiger partial charge in [-0.2, -0.15) is 11.8 Å². The van der Waals surface area contributed by atoms with Crippen molar-refractivity contribution in [2.75, 3.05) is 51.3 Å². The van der Waals surface area contributed by atoms with Gasteiger partial charge in [0, 0.05) is 100 Å². The molecule has 0 saturated carbocycles. The lowest BCUT2D eigenvalue weighted by Crippen LogP contribution is -2.52. The minimum absolute atomic E-state index is 0.0139. The number of ketones is 6. The summed E-state index contributed by atoms with van der Waals surface area (Å²) < 4.78 is 0. The van der Waals surface area contributed by atoms with Crippen molar-refractivity contribution in [1.29, 1.82) is 0 Å². The molecule has 0 radical (unpaired) electrons. The highest BCUT2D eigenvalue weighted by atomic mass is 32.2. The van der Waals surface area contributed by atoms with Crippen LogP contribution in [0.5, 0.6) is 5.75 Å². The van der Waals surface area contributed by atoms with Crippen LogP contribution in [0, 0.1) is 47.3 Å². The summed E-state index contributed by atoms with van der Waals surface area (Å²) in [5.74, 6) is -16.2. The zero-order valence-electron chi connectivity index (χ0n) is 82.5. The summed E-state index contributed by atoms with van der Waals surface area (Å²) in [6.45, 7) is 15.3. The maximum atomic E-state index is 14.7. The van der Waals surface area contributed by atoms with Gasteiger partial charge in [0.2, 0.25) is 47.3 Å². The molecule has 14 atom stereocenters. The van der Waals surface area contributed by atoms with E-state index in [1.807, 2.05) is 34.6 Å². The van der Waals surface area contributed by atoms with Gasteiger partial charge in [-0.05, 0) is 191 Å². The number of aromatic amines is 1. The van der Waals surface area contributed by atoms with Crippen molar-refractivity contribution in [3.05, 3.63) is 48.0 Å². The van der Waals surface area contributed by atoms with Crippen LogP contribution in [0.1, 0.15) is 304 Å². The Morgan fingerprint density at radius 2 is 0.882 bits per heavy atom. The van der Waals surface area contributed by atoms with E-state index in [1.54, 1.807) is 6.26 Å². The molecule has 136 heavy (non-hydrogen) atoms. The molecule has 8 amide bonds. The van der Waals surface area contributed by atoms with Gasteiger partial charge < -0.3 is 113 Å². The molecule has 2 aromatic rings. The lowest BCUT2D eigenvalue weighted by molar-refractivity contribution is -0.142. The van der Waals surface area contributed by atoms with Gasteiger partial charge in [0.25, 0.3) is 0 Å². The maximum Gasteiger partial charge on any atom is 0.305 e. The number of hydrogen-bond donors (Lipinski definition) is 20. The monoisotopic (exact) mass is 1940 g/mol. The first kappa shape index (κ1) is 124. The molecule has 772 valence electrons. The summed E-state index contributed by atoms with van der Waals surface area (Å²) >= 11 is 1.34. The number of aliphatic carboxylic acids is 1. The number of carbonyl (C=O) groups excluding carboxylic acids is 14. The molecule has 0 aliphatic carbocycles. The highest BCUT2D eigenvalue weighted by Crippen LogP contribution is 2.26. The first-order valence-corrected chi connectivity index (χ1v) is 50.5. The number of aliphatic hydroxyl groups is 2. The Hall–Kier alpha value is -9.83. The number of thioether (sulfide) groups is 1. The second-order valence-corrected chi connectivity index (χ2v) is 38.0. The third-order valence-electron chi connectivity index (χ3n) is 23.7. The van der Waals surface area contributed by atoms with Gasteiger partial charge in [0.15, 0.2) is 40.8 Å². The van der Waals surface area contributed by atoms with E-state index in [9.17, 15) is 92.3 Å². The summed E-state index contributed by atoms with van der Waals surface area (Å²) in [6, 6.07) is -1.43. The van der Waals surface area contributed by atoms with Gasteiger partial charge in [-0.25, -0.2) is 4.98 Å². The molecular formula is C97H169N19O19S. The molecule has 1 heterocycles. The molecule has 28 N–H and O–H groups in total. The van der Waals surface area contributed by atoms with Crippen LogP contribution in [0.2, 0.25) is 0 Å². The Kier molecular flexibility index (Phi) is 67.0. The quantitative estimate of drug-likeness (QED) is 0.0207. The van der Waals surface area contributed by atoms with Crippen molar-refractivity contribution in [2.45, 2.75) is 354 Å². The number of aliphatic hydroxyl groups excluding tert-OH is 2. The Balaban J connectivity index is 0.00000150. The minimum Gasteiger partial charge on any atom is -0.508 e. The zero-order chi connectivity index (χ0) is 102. The lowest BCUT2D eigenvalue weighted by atomic mass is 9.88. The van der Waals surface area contributed by atoms with Crippen LogP contribution in [0.15, 0.2) is 46.8 Å². The molecule has 0 spiro atoms. The number of H-pyrrole nitrogens is 1. The number of aromatic hydroxyl groups is 1. The van der Waals surface area contributed by atoms with Gasteiger partial charge in [0.05, 0.1) is 73.4 Å². The summed E-state index contributed by atoms with van der Waals surface area (Å²) in [7, 11) is 0. The number of rotatable bonds is 80. The van der Waals surface area contributed by atoms with Crippen LogP contribution in [0.4, 0.5) is 0 Å². The fraction of sp³-hybridized carbons (Fsp3) is 0.732. The molecule has 0 bridgehead atoms. The Morgan fingerprint density at radius 3 is 1.38 bits per heavy atom. The SMILES string of the molecule is CCCCCCCCCCCCCCCC(=O)N[C@@H](CCCCN)C(=O)N[C@@H](CCCCN)C(=O)C[C@@H](CC(C)C)C(=O)N[C@@H](C)CCCN=C(N)N.CSCC[C@H](NC(=O)[C@H](CO)CC(C)=O)C(=O)C[C@H](C(=O)N[C@@H](CC(=O)O)C(=O)C[C@@H](CCCCN)C(=O)N[C@@H](Cc1ccc(O)cc1)C(=O)C[C@@H](CCCN=C(N)N)C(=O)N[C@@H](CC(C)C)C(=O)C[C@@H](Cc1cnc[nH]1)C(N)=O)[C@@H](C)O. The number of phenols is 1. The third-order valence-corrected chi connectivity index (χ3v) is 24.3. The number of aromatic nitrogens is 2. The number of carboxylic acid groups (broad SMARTS) is 1. The number of carboxylic acids is 1. The van der Waals surface area contributed by atoms with Crippen LogP contribution in [0.25, 0.3) is 0 Å². The van der Waals surface area contributed by atoms with Crippen molar-refractivity contribution in [3.63, 3.8) is 0 Å². The number of aliphatic imine (C=N–C) groups is 2. The van der Waals surface area contributed by atoms with Crippen LogP contribution in [-0.2, 0) is 84.8 Å². The van der Waals surface area contributed by atoms with Crippen molar-refractivity contribution >= 4 is 112 Å². The number of phenolic OH excluding ortho intramolecular Hbond substituents is 1. The molecule has 39 heteroatoms. The van der Waals surface area contributed by atoms with E-state index in [0.29, 0.717) is 101 Å². The lowest BCUT2D eigenvalue weighted by Gasteiger charge is -2.27. The minimum atomic E-state index is -1.80. The van der Waals surface area contributed by atoms with Crippen LogP contribution < -0.4 is 83.1 Å². The standard InChI is InChI=1S/C56H87N11O15S.C41H82N8O4/c1-31(2)19-43(48(74)25-37(51(58)78)22-39-28-61-30-63-39)65-53(80)36(10-8-17-62-56(59)60)24-46(72)44(21-34-11-13-40(71)14-12-34)66-52(79)35(9-6-7-16-57)23-47(73)45(27-50(76)77)67-55(82)41(33(4)70)26-49(75)42(15-18-83-5)64-54(81)38(29-68)20-32(3)69;1-5-6-7-8-9-10-11-12-13-14-15-16-17-26-38(51)48-36(25-19-21-28-43)40(53)49-35(24-18-20-27-42)37(50)31-34(30-32(2)3)39(52)47-33(4)23-22-29-46-41(44)45/h11-14,28,30-31,33,35-38,41-45,68,70-71H,6-10,15-27,29,57H2,1-5H3,(H2,58,78)(H,61,63)(H,64,81)(H,65,80)(H,66,79)(H,67,82)(H,76,77)(H4,59,60,62);32-36H,5-31,42-43H2,1-4H3,(H,47,52)(H,48,51)(H,49,53)(H4,44,45,46)/t33-,35-,36-,37-,38+,41+,42+,43+,44+,45+;33-,34+,35-,36-/m10/s1. The molecule has 1 aromatic carbocycles. The first-order valence-electron chi connectivity index (χ1n) is 49.1. The number of amides is 8. The van der Waals surface area contributed by atoms with E-state index in [-0.39, 0.29) is 149 Å². The Bertz CT molecular complexity index is 3920. The Morgan fingerprint density at radius 1 is 0.441 bits per heavy atom. The molecule has 0 fully saturated rings. The van der Waals surface area contributed by atoms with Gasteiger partial charge in [0.1, 0.15) is 17.6 Å². The number of nitrogens with two attached hydrogens (primary N) is 8. The summed E-state index contributed by atoms with van der Waals surface area (Å²) in [6.07, 6.45) is 22.6.